The van der Waals surface area contributed by atoms with Crippen molar-refractivity contribution in [1.29, 1.82) is 0 Å². The third kappa shape index (κ3) is 56.9. The van der Waals surface area contributed by atoms with E-state index in [2.05, 4.69) is 41.5 Å². The second-order valence-electron chi connectivity index (χ2n) is 23.4. The van der Waals surface area contributed by atoms with Crippen LogP contribution in [0.3, 0.4) is 0 Å². The number of phosphoric acid groups is 2. The van der Waals surface area contributed by atoms with E-state index in [1.807, 2.05) is 0 Å². The summed E-state index contributed by atoms with van der Waals surface area (Å²) in [5.41, 5.74) is 0. The number of unbranched alkanes of at least 4 members (excludes halogenated alkanes) is 31. The summed E-state index contributed by atoms with van der Waals surface area (Å²) in [4.78, 5) is 71.9. The van der Waals surface area contributed by atoms with Crippen LogP contribution in [0.5, 0.6) is 0 Å². The molecule has 0 aliphatic heterocycles. The highest BCUT2D eigenvalue weighted by Crippen LogP contribution is 2.45. The van der Waals surface area contributed by atoms with Crippen LogP contribution < -0.4 is 0 Å². The summed E-state index contributed by atoms with van der Waals surface area (Å²) in [5.74, 6) is -0.687. The molecule has 0 saturated heterocycles. The smallest absolute Gasteiger partial charge is 0.462 e. The van der Waals surface area contributed by atoms with Crippen LogP contribution >= 0.6 is 15.6 Å². The van der Waals surface area contributed by atoms with E-state index in [4.69, 9.17) is 37.0 Å². The van der Waals surface area contributed by atoms with Crippen molar-refractivity contribution in [2.24, 2.45) is 11.8 Å². The van der Waals surface area contributed by atoms with Crippen LogP contribution in [0.1, 0.15) is 305 Å². The Morgan fingerprint density at radius 1 is 0.333 bits per heavy atom. The fourth-order valence-corrected chi connectivity index (χ4v) is 10.8. The molecule has 2 unspecified atom stereocenters. The van der Waals surface area contributed by atoms with Crippen molar-refractivity contribution >= 4 is 39.5 Å². The van der Waals surface area contributed by atoms with E-state index in [-0.39, 0.29) is 25.7 Å². The van der Waals surface area contributed by atoms with E-state index >= 15 is 0 Å². The van der Waals surface area contributed by atoms with E-state index < -0.39 is 97.5 Å². The number of aliphatic hydroxyl groups excluding tert-OH is 1. The van der Waals surface area contributed by atoms with Crippen molar-refractivity contribution < 1.29 is 80.2 Å². The molecule has 0 bridgehead atoms. The van der Waals surface area contributed by atoms with Gasteiger partial charge in [0.1, 0.15) is 19.3 Å². The second kappa shape index (κ2) is 54.7. The number of hydrogen-bond acceptors (Lipinski definition) is 15. The van der Waals surface area contributed by atoms with E-state index in [1.165, 1.54) is 116 Å². The third-order valence-corrected chi connectivity index (χ3v) is 16.1. The van der Waals surface area contributed by atoms with Gasteiger partial charge < -0.3 is 33.8 Å². The predicted octanol–water partition coefficient (Wildman–Crippen LogP) is 16.9. The van der Waals surface area contributed by atoms with Crippen LogP contribution in [-0.2, 0) is 65.4 Å². The van der Waals surface area contributed by atoms with Gasteiger partial charge in [-0.15, -0.1) is 0 Å². The highest BCUT2D eigenvalue weighted by atomic mass is 31.2. The van der Waals surface area contributed by atoms with Gasteiger partial charge >= 0.3 is 39.5 Å². The lowest BCUT2D eigenvalue weighted by Gasteiger charge is -2.21. The monoisotopic (exact) mass is 1200 g/mol. The molecule has 0 heterocycles. The summed E-state index contributed by atoms with van der Waals surface area (Å²) >= 11 is 0. The zero-order valence-electron chi connectivity index (χ0n) is 52.1. The molecule has 17 nitrogen and oxygen atoms in total. The summed E-state index contributed by atoms with van der Waals surface area (Å²) in [6.07, 6.45) is 36.6. The first-order valence-corrected chi connectivity index (χ1v) is 35.5. The highest BCUT2D eigenvalue weighted by molar-refractivity contribution is 7.47. The maximum absolute atomic E-state index is 13.0. The molecule has 0 aromatic carbocycles. The molecule has 19 heteroatoms. The Hall–Kier alpha value is -1.94. The zero-order chi connectivity index (χ0) is 60.1. The number of carbonyl (C=O) groups is 4. The zero-order valence-corrected chi connectivity index (χ0v) is 53.9. The van der Waals surface area contributed by atoms with Crippen molar-refractivity contribution in [1.82, 2.24) is 0 Å². The van der Waals surface area contributed by atoms with Crippen LogP contribution in [0.4, 0.5) is 0 Å². The summed E-state index contributed by atoms with van der Waals surface area (Å²) in [7, 11) is -9.87. The topological polar surface area (TPSA) is 237 Å². The van der Waals surface area contributed by atoms with Gasteiger partial charge in [0.2, 0.25) is 0 Å². The molecule has 81 heavy (non-hydrogen) atoms. The van der Waals surface area contributed by atoms with Gasteiger partial charge in [0.05, 0.1) is 26.4 Å². The molecule has 0 saturated carbocycles. The van der Waals surface area contributed by atoms with E-state index in [0.29, 0.717) is 31.6 Å². The van der Waals surface area contributed by atoms with E-state index in [0.717, 1.165) is 102 Å². The lowest BCUT2D eigenvalue weighted by Crippen LogP contribution is -2.30. The summed E-state index contributed by atoms with van der Waals surface area (Å²) in [5, 5.41) is 10.5. The molecule has 3 N–H and O–H groups in total. The number of rotatable bonds is 61. The number of aliphatic hydroxyl groups is 1. The van der Waals surface area contributed by atoms with Crippen LogP contribution in [0.2, 0.25) is 0 Å². The van der Waals surface area contributed by atoms with Crippen molar-refractivity contribution in [2.75, 3.05) is 39.6 Å². The molecule has 0 spiro atoms. The lowest BCUT2D eigenvalue weighted by molar-refractivity contribution is -0.161. The quantitative estimate of drug-likeness (QED) is 0.0222. The number of esters is 4. The molecule has 0 aliphatic rings. The molecular formula is C62H120O17P2. The van der Waals surface area contributed by atoms with Crippen LogP contribution in [-0.4, -0.2) is 96.7 Å². The number of hydrogen-bond donors (Lipinski definition) is 3. The molecule has 0 fully saturated rings. The normalized spacial score (nSPS) is 14.4. The van der Waals surface area contributed by atoms with Gasteiger partial charge in [-0.25, -0.2) is 9.13 Å². The highest BCUT2D eigenvalue weighted by Gasteiger charge is 2.30. The molecule has 0 amide bonds. The van der Waals surface area contributed by atoms with Crippen LogP contribution in [0.15, 0.2) is 0 Å². The fraction of sp³-hybridized carbons (Fsp3) is 0.935. The van der Waals surface area contributed by atoms with Crippen LogP contribution in [0, 0.1) is 11.8 Å². The molecule has 5 atom stereocenters. The van der Waals surface area contributed by atoms with Gasteiger partial charge in [-0.05, 0) is 37.5 Å². The Kier molecular flexibility index (Phi) is 53.4. The van der Waals surface area contributed by atoms with Crippen molar-refractivity contribution in [3.05, 3.63) is 0 Å². The van der Waals surface area contributed by atoms with Gasteiger partial charge in [0, 0.05) is 25.7 Å². The number of phosphoric ester groups is 2. The second-order valence-corrected chi connectivity index (χ2v) is 26.3. The minimum Gasteiger partial charge on any atom is -0.462 e. The Labute approximate surface area is 492 Å². The Bertz CT molecular complexity index is 1600. The fourth-order valence-electron chi connectivity index (χ4n) is 9.18. The molecule has 480 valence electrons. The van der Waals surface area contributed by atoms with Gasteiger partial charge in [-0.2, -0.15) is 0 Å². The Morgan fingerprint density at radius 3 is 0.840 bits per heavy atom. The van der Waals surface area contributed by atoms with Gasteiger partial charge in [-0.1, -0.05) is 253 Å². The average Bonchev–Trinajstić information content (AvgIpc) is 3.42. The molecule has 0 rings (SSSR count). The predicted molar refractivity (Wildman–Crippen MR) is 321 cm³/mol. The first kappa shape index (κ1) is 79.1. The minimum atomic E-state index is -4.94. The molecule has 0 aliphatic carbocycles. The molecule has 0 radical (unpaired) electrons. The standard InChI is InChI=1S/C62H120O17P2/c1-7-9-11-13-14-15-16-19-22-27-33-39-45-60(65)73-51-58(79-61(66)46-40-34-28-23-20-17-18-21-25-31-36-42-54(3)4)53-77-81(70,71)75-49-56(63)48-74-80(68,69)76-52-57(50-72-59(64)44-38-30-12-10-8-2)78-62(67)47-41-35-29-24-26-32-37-43-55(5)6/h54-58,63H,7-53H2,1-6H3,(H,68,69)(H,70,71)/t56-,57+,58+/m0/s1. The summed E-state index contributed by atoms with van der Waals surface area (Å²) in [6, 6.07) is 0. The van der Waals surface area contributed by atoms with Crippen molar-refractivity contribution in [3.8, 4) is 0 Å². The minimum absolute atomic E-state index is 0.102. The Balaban J connectivity index is 5.18. The number of carbonyl (C=O) groups excluding carboxylic acids is 4. The van der Waals surface area contributed by atoms with Crippen molar-refractivity contribution in [2.45, 2.75) is 323 Å². The Morgan fingerprint density at radius 2 is 0.568 bits per heavy atom. The van der Waals surface area contributed by atoms with Crippen LogP contribution in [0.25, 0.3) is 0 Å². The third-order valence-electron chi connectivity index (χ3n) is 14.2. The first-order chi connectivity index (χ1) is 38.9. The van der Waals surface area contributed by atoms with Gasteiger partial charge in [0.25, 0.3) is 0 Å². The first-order valence-electron chi connectivity index (χ1n) is 32.5. The lowest BCUT2D eigenvalue weighted by atomic mass is 10.0. The maximum Gasteiger partial charge on any atom is 0.472 e. The molecular weight excluding hydrogens is 1080 g/mol. The van der Waals surface area contributed by atoms with Gasteiger partial charge in [0.15, 0.2) is 12.2 Å². The number of ether oxygens (including phenoxy) is 4. The largest absolute Gasteiger partial charge is 0.472 e. The van der Waals surface area contributed by atoms with Gasteiger partial charge in [-0.3, -0.25) is 37.3 Å². The molecule has 0 aromatic heterocycles. The summed E-state index contributed by atoms with van der Waals surface area (Å²) < 4.78 is 67.7. The molecule has 0 aromatic rings. The van der Waals surface area contributed by atoms with E-state index in [9.17, 15) is 43.2 Å². The maximum atomic E-state index is 13.0. The van der Waals surface area contributed by atoms with Crippen molar-refractivity contribution in [3.63, 3.8) is 0 Å². The van der Waals surface area contributed by atoms with E-state index in [1.54, 1.807) is 0 Å². The summed E-state index contributed by atoms with van der Waals surface area (Å²) in [6.45, 7) is 9.33. The SMILES string of the molecule is CCCCCCCCCCCCCCC(=O)OC[C@H](COP(=O)(O)OC[C@@H](O)COP(=O)(O)OC[C@@H](COC(=O)CCCCCCC)OC(=O)CCCCCCCCCC(C)C)OC(=O)CCCCCCCCCCCCCC(C)C. The average molecular weight is 1200 g/mol.